The van der Waals surface area contributed by atoms with Gasteiger partial charge in [-0.15, -0.1) is 0 Å². The van der Waals surface area contributed by atoms with Gasteiger partial charge >= 0.3 is 0 Å². The van der Waals surface area contributed by atoms with E-state index in [0.29, 0.717) is 18.1 Å². The van der Waals surface area contributed by atoms with Crippen molar-refractivity contribution in [3.8, 4) is 0 Å². The molecule has 3 nitrogen and oxygen atoms in total. The van der Waals surface area contributed by atoms with E-state index < -0.39 is 0 Å². The van der Waals surface area contributed by atoms with Gasteiger partial charge in [0.25, 0.3) is 0 Å². The van der Waals surface area contributed by atoms with Crippen molar-refractivity contribution in [2.24, 2.45) is 0 Å². The zero-order valence-electron chi connectivity index (χ0n) is 9.69. The summed E-state index contributed by atoms with van der Waals surface area (Å²) in [5.41, 5.74) is 0. The van der Waals surface area contributed by atoms with Gasteiger partial charge in [0.2, 0.25) is 0 Å². The number of rotatable bonds is 2. The van der Waals surface area contributed by atoms with Crippen LogP contribution in [0.15, 0.2) is 36.3 Å². The molecule has 1 saturated heterocycles. The molecule has 0 aliphatic carbocycles. The summed E-state index contributed by atoms with van der Waals surface area (Å²) in [6, 6.07) is 0. The third-order valence-electron chi connectivity index (χ3n) is 1.70. The maximum atomic E-state index is 8.86. The largest absolute Gasteiger partial charge is 0.486 e. The van der Waals surface area contributed by atoms with Gasteiger partial charge < -0.3 is 14.6 Å². The Balaban J connectivity index is 0.000000921. The van der Waals surface area contributed by atoms with E-state index in [0.717, 1.165) is 0 Å². The molecule has 1 atom stereocenters. The van der Waals surface area contributed by atoms with Gasteiger partial charge in [0.15, 0.2) is 17.6 Å². The number of aliphatic hydroxyl groups excluding tert-OH is 1. The van der Waals surface area contributed by atoms with Crippen LogP contribution in [0.4, 0.5) is 0 Å². The Morgan fingerprint density at radius 3 is 2.60 bits per heavy atom. The molecule has 1 heterocycles. The smallest absolute Gasteiger partial charge is 0.161 e. The Morgan fingerprint density at radius 2 is 2.13 bits per heavy atom. The Labute approximate surface area is 91.7 Å². The summed E-state index contributed by atoms with van der Waals surface area (Å²) in [4.78, 5) is 0. The highest BCUT2D eigenvalue weighted by Crippen LogP contribution is 2.21. The third kappa shape index (κ3) is 4.21. The molecule has 0 radical (unpaired) electrons. The van der Waals surface area contributed by atoms with Crippen molar-refractivity contribution >= 4 is 0 Å². The van der Waals surface area contributed by atoms with Gasteiger partial charge in [0, 0.05) is 0 Å². The Kier molecular flexibility index (Phi) is 7.46. The van der Waals surface area contributed by atoms with E-state index in [4.69, 9.17) is 14.6 Å². The van der Waals surface area contributed by atoms with Gasteiger partial charge in [-0.05, 0) is 19.1 Å². The Bertz CT molecular complexity index is 241. The second-order valence-corrected chi connectivity index (χ2v) is 2.65. The lowest BCUT2D eigenvalue weighted by atomic mass is 10.3. The van der Waals surface area contributed by atoms with Gasteiger partial charge in [-0.2, -0.15) is 0 Å². The summed E-state index contributed by atoms with van der Waals surface area (Å²) in [6.45, 7) is 9.80. The van der Waals surface area contributed by atoms with E-state index in [-0.39, 0.29) is 12.7 Å². The number of hydrogen-bond donors (Lipinski definition) is 1. The fraction of sp³-hybridized carbons (Fsp3) is 0.500. The van der Waals surface area contributed by atoms with Crippen molar-refractivity contribution in [2.75, 3.05) is 13.2 Å². The topological polar surface area (TPSA) is 38.7 Å². The van der Waals surface area contributed by atoms with Crippen molar-refractivity contribution in [1.29, 1.82) is 0 Å². The fourth-order valence-electron chi connectivity index (χ4n) is 1.07. The van der Waals surface area contributed by atoms with E-state index in [1.165, 1.54) is 0 Å². The number of hydrogen-bond acceptors (Lipinski definition) is 3. The highest BCUT2D eigenvalue weighted by atomic mass is 16.6. The van der Waals surface area contributed by atoms with Crippen LogP contribution in [0.1, 0.15) is 20.8 Å². The molecule has 0 aromatic rings. The molecule has 1 fully saturated rings. The van der Waals surface area contributed by atoms with Crippen LogP contribution in [-0.4, -0.2) is 24.4 Å². The lowest BCUT2D eigenvalue weighted by Crippen LogP contribution is -2.29. The SMILES string of the molecule is C=C/C=C1/OC(CO)CO/C1=C/C.CC. The fourth-order valence-corrected chi connectivity index (χ4v) is 1.07. The van der Waals surface area contributed by atoms with Crippen LogP contribution in [0.2, 0.25) is 0 Å². The van der Waals surface area contributed by atoms with Crippen molar-refractivity contribution in [3.05, 3.63) is 36.3 Å². The summed E-state index contributed by atoms with van der Waals surface area (Å²) in [5.74, 6) is 1.33. The normalized spacial score (nSPS) is 24.9. The molecule has 0 spiro atoms. The van der Waals surface area contributed by atoms with Crippen LogP contribution in [0, 0.1) is 0 Å². The van der Waals surface area contributed by atoms with Crippen LogP contribution in [0.25, 0.3) is 0 Å². The van der Waals surface area contributed by atoms with Crippen molar-refractivity contribution in [3.63, 3.8) is 0 Å². The molecular weight excluding hydrogens is 192 g/mol. The molecule has 1 rings (SSSR count). The predicted octanol–water partition coefficient (Wildman–Crippen LogP) is 2.39. The summed E-state index contributed by atoms with van der Waals surface area (Å²) in [6.07, 6.45) is 4.90. The Morgan fingerprint density at radius 1 is 1.47 bits per heavy atom. The maximum absolute atomic E-state index is 8.86. The van der Waals surface area contributed by atoms with E-state index in [1.54, 1.807) is 12.2 Å². The highest BCUT2D eigenvalue weighted by molar-refractivity contribution is 5.24. The average molecular weight is 212 g/mol. The van der Waals surface area contributed by atoms with Gasteiger partial charge in [-0.25, -0.2) is 0 Å². The van der Waals surface area contributed by atoms with Crippen LogP contribution in [-0.2, 0) is 9.47 Å². The van der Waals surface area contributed by atoms with Crippen molar-refractivity contribution < 1.29 is 14.6 Å². The molecule has 15 heavy (non-hydrogen) atoms. The average Bonchev–Trinajstić information content (AvgIpc) is 2.32. The second kappa shape index (κ2) is 8.12. The molecule has 0 aromatic heterocycles. The summed E-state index contributed by atoms with van der Waals surface area (Å²) in [7, 11) is 0. The first-order valence-corrected chi connectivity index (χ1v) is 5.21. The first kappa shape index (κ1) is 13.8. The quantitative estimate of drug-likeness (QED) is 0.764. The molecule has 1 N–H and O–H groups in total. The van der Waals surface area contributed by atoms with Gasteiger partial charge in [-0.1, -0.05) is 26.5 Å². The first-order valence-electron chi connectivity index (χ1n) is 5.21. The lowest BCUT2D eigenvalue weighted by Gasteiger charge is -2.26. The van der Waals surface area contributed by atoms with Gasteiger partial charge in [0.05, 0.1) is 6.61 Å². The number of aliphatic hydroxyl groups is 1. The highest BCUT2D eigenvalue weighted by Gasteiger charge is 2.21. The molecule has 0 bridgehead atoms. The molecule has 0 aromatic carbocycles. The number of allylic oxidation sites excluding steroid dienone is 3. The number of ether oxygens (including phenoxy) is 2. The summed E-state index contributed by atoms with van der Waals surface area (Å²) >= 11 is 0. The minimum atomic E-state index is -0.269. The Hall–Kier alpha value is -1.22. The minimum absolute atomic E-state index is 0.0362. The second-order valence-electron chi connectivity index (χ2n) is 2.65. The van der Waals surface area contributed by atoms with E-state index in [1.807, 2.05) is 26.8 Å². The monoisotopic (exact) mass is 212 g/mol. The van der Waals surface area contributed by atoms with Crippen LogP contribution in [0.3, 0.4) is 0 Å². The summed E-state index contributed by atoms with van der Waals surface area (Å²) < 4.78 is 10.8. The third-order valence-corrected chi connectivity index (χ3v) is 1.70. The first-order chi connectivity index (χ1) is 7.31. The molecule has 1 aliphatic rings. The maximum Gasteiger partial charge on any atom is 0.161 e. The van der Waals surface area contributed by atoms with Crippen LogP contribution >= 0.6 is 0 Å². The zero-order chi connectivity index (χ0) is 11.7. The van der Waals surface area contributed by atoms with E-state index in [9.17, 15) is 0 Å². The molecule has 0 amide bonds. The lowest BCUT2D eigenvalue weighted by molar-refractivity contribution is -0.0339. The molecular formula is C12H20O3. The van der Waals surface area contributed by atoms with Crippen molar-refractivity contribution in [1.82, 2.24) is 0 Å². The predicted molar refractivity (Wildman–Crippen MR) is 61.3 cm³/mol. The molecule has 3 heteroatoms. The molecule has 0 saturated carbocycles. The van der Waals surface area contributed by atoms with Crippen LogP contribution < -0.4 is 0 Å². The molecule has 86 valence electrons. The molecule has 1 unspecified atom stereocenters. The standard InChI is InChI=1S/C10H14O3.C2H6/c1-3-5-10-9(4-2)12-7-8(6-11)13-10;1-2/h3-5,8,11H,1,6-7H2,2H3;1-2H3/b9-4+,10-5+;. The van der Waals surface area contributed by atoms with Gasteiger partial charge in [-0.3, -0.25) is 0 Å². The molecule has 1 aliphatic heterocycles. The zero-order valence-corrected chi connectivity index (χ0v) is 9.69. The minimum Gasteiger partial charge on any atom is -0.486 e. The van der Waals surface area contributed by atoms with Crippen molar-refractivity contribution in [2.45, 2.75) is 26.9 Å². The summed E-state index contributed by atoms with van der Waals surface area (Å²) in [5, 5.41) is 8.86. The van der Waals surface area contributed by atoms with E-state index in [2.05, 4.69) is 6.58 Å². The van der Waals surface area contributed by atoms with Crippen LogP contribution in [0.5, 0.6) is 0 Å². The van der Waals surface area contributed by atoms with E-state index >= 15 is 0 Å². The van der Waals surface area contributed by atoms with Gasteiger partial charge in [0.1, 0.15) is 6.61 Å².